The minimum Gasteiger partial charge on any atom is -0.495 e. The van der Waals surface area contributed by atoms with E-state index in [4.69, 9.17) is 42.1 Å². The Labute approximate surface area is 214 Å². The number of ether oxygens (including phenoxy) is 4. The Kier molecular flexibility index (Phi) is 8.22. The topological polar surface area (TPSA) is 90.0 Å². The van der Waals surface area contributed by atoms with Crippen molar-refractivity contribution in [2.45, 2.75) is 6.61 Å². The molecule has 0 atom stereocenters. The van der Waals surface area contributed by atoms with Crippen LogP contribution in [0.15, 0.2) is 36.7 Å². The molecule has 0 spiro atoms. The van der Waals surface area contributed by atoms with E-state index in [2.05, 4.69) is 25.5 Å². The van der Waals surface area contributed by atoms with Gasteiger partial charge in [0.25, 0.3) is 0 Å². The first-order valence-corrected chi connectivity index (χ1v) is 11.7. The summed E-state index contributed by atoms with van der Waals surface area (Å²) in [7, 11) is 4.71. The number of aromatic nitrogens is 2. The maximum Gasteiger partial charge on any atom is 0.227 e. The molecule has 0 amide bonds. The largest absolute Gasteiger partial charge is 0.495 e. The summed E-state index contributed by atoms with van der Waals surface area (Å²) in [5.41, 5.74) is 2.43. The molecule has 1 saturated heterocycles. The van der Waals surface area contributed by atoms with E-state index in [0.717, 1.165) is 43.3 Å². The Bertz CT molecular complexity index is 1130. The predicted molar refractivity (Wildman–Crippen MR) is 137 cm³/mol. The van der Waals surface area contributed by atoms with Gasteiger partial charge in [-0.05, 0) is 12.1 Å². The second-order valence-electron chi connectivity index (χ2n) is 7.67. The Balaban J connectivity index is 1.43. The molecule has 0 aliphatic carbocycles. The van der Waals surface area contributed by atoms with Gasteiger partial charge in [0, 0.05) is 49.6 Å². The third kappa shape index (κ3) is 5.75. The van der Waals surface area contributed by atoms with Crippen LogP contribution in [-0.4, -0.2) is 57.5 Å². The smallest absolute Gasteiger partial charge is 0.227 e. The van der Waals surface area contributed by atoms with Crippen LogP contribution in [-0.2, 0) is 6.61 Å². The van der Waals surface area contributed by atoms with Crippen molar-refractivity contribution in [1.29, 1.82) is 0 Å². The summed E-state index contributed by atoms with van der Waals surface area (Å²) in [5.74, 6) is 2.56. The van der Waals surface area contributed by atoms with Crippen LogP contribution in [0.2, 0.25) is 10.0 Å². The molecular weight excluding hydrogens is 493 g/mol. The number of anilines is 3. The van der Waals surface area contributed by atoms with E-state index in [9.17, 15) is 0 Å². The zero-order valence-corrected chi connectivity index (χ0v) is 21.2. The zero-order valence-electron chi connectivity index (χ0n) is 19.7. The van der Waals surface area contributed by atoms with Gasteiger partial charge in [0.15, 0.2) is 5.75 Å². The van der Waals surface area contributed by atoms with E-state index in [1.165, 1.54) is 14.2 Å². The molecule has 2 aromatic carbocycles. The van der Waals surface area contributed by atoms with Crippen molar-refractivity contribution in [2.24, 2.45) is 0 Å². The molecule has 2 N–H and O–H groups in total. The number of hydrogen-bond donors (Lipinski definition) is 2. The van der Waals surface area contributed by atoms with E-state index >= 15 is 0 Å². The number of benzene rings is 2. The van der Waals surface area contributed by atoms with Crippen molar-refractivity contribution in [2.75, 3.05) is 57.7 Å². The number of nitrogens with zero attached hydrogens (tertiary/aromatic N) is 3. The lowest BCUT2D eigenvalue weighted by molar-refractivity contribution is 0.301. The number of methoxy groups -OCH3 is 3. The van der Waals surface area contributed by atoms with Gasteiger partial charge in [0.2, 0.25) is 5.95 Å². The first-order valence-electron chi connectivity index (χ1n) is 11.0. The molecule has 1 fully saturated rings. The summed E-state index contributed by atoms with van der Waals surface area (Å²) in [4.78, 5) is 11.0. The van der Waals surface area contributed by atoms with Crippen LogP contribution < -0.4 is 34.5 Å². The molecule has 4 rings (SSSR count). The highest BCUT2D eigenvalue weighted by Crippen LogP contribution is 2.40. The van der Waals surface area contributed by atoms with Crippen LogP contribution in [0, 0.1) is 0 Å². The van der Waals surface area contributed by atoms with Crippen LogP contribution in [0.3, 0.4) is 0 Å². The van der Waals surface area contributed by atoms with Crippen LogP contribution in [0.4, 0.5) is 17.3 Å². The average molecular weight is 520 g/mol. The average Bonchev–Trinajstić information content (AvgIpc) is 2.90. The SMILES string of the molecule is COc1cc(Nc2ncc(OCc3c(Cl)c(OC)cc(OC)c3Cl)cn2)ccc1N1CCNCC1. The molecule has 11 heteroatoms. The van der Waals surface area contributed by atoms with Gasteiger partial charge < -0.3 is 34.5 Å². The highest BCUT2D eigenvalue weighted by molar-refractivity contribution is 6.37. The lowest BCUT2D eigenvalue weighted by Crippen LogP contribution is -2.43. The maximum atomic E-state index is 6.41. The predicted octanol–water partition coefficient (Wildman–Crippen LogP) is 4.54. The van der Waals surface area contributed by atoms with Gasteiger partial charge >= 0.3 is 0 Å². The van der Waals surface area contributed by atoms with Gasteiger partial charge in [-0.15, -0.1) is 0 Å². The fraction of sp³-hybridized carbons (Fsp3) is 0.333. The summed E-state index contributed by atoms with van der Waals surface area (Å²) in [6.45, 7) is 3.87. The normalized spacial score (nSPS) is 13.3. The molecule has 1 aliphatic rings. The lowest BCUT2D eigenvalue weighted by Gasteiger charge is -2.30. The zero-order chi connectivity index (χ0) is 24.8. The van der Waals surface area contributed by atoms with Crippen molar-refractivity contribution in [3.8, 4) is 23.0 Å². The molecule has 1 aliphatic heterocycles. The molecule has 186 valence electrons. The van der Waals surface area contributed by atoms with E-state index < -0.39 is 0 Å². The maximum absolute atomic E-state index is 6.41. The Hall–Kier alpha value is -3.14. The van der Waals surface area contributed by atoms with Gasteiger partial charge in [-0.3, -0.25) is 0 Å². The summed E-state index contributed by atoms with van der Waals surface area (Å²) < 4.78 is 22.0. The van der Waals surface area contributed by atoms with Crippen LogP contribution in [0.1, 0.15) is 5.56 Å². The van der Waals surface area contributed by atoms with Crippen LogP contribution >= 0.6 is 23.2 Å². The van der Waals surface area contributed by atoms with Crippen LogP contribution in [0.25, 0.3) is 0 Å². The molecule has 35 heavy (non-hydrogen) atoms. The Morgan fingerprint density at radius 2 is 1.54 bits per heavy atom. The highest BCUT2D eigenvalue weighted by Gasteiger charge is 2.18. The Morgan fingerprint density at radius 3 is 2.14 bits per heavy atom. The third-order valence-electron chi connectivity index (χ3n) is 5.57. The second-order valence-corrected chi connectivity index (χ2v) is 8.42. The summed E-state index contributed by atoms with van der Waals surface area (Å²) >= 11 is 12.8. The van der Waals surface area contributed by atoms with Crippen molar-refractivity contribution >= 4 is 40.5 Å². The summed E-state index contributed by atoms with van der Waals surface area (Å²) in [6.07, 6.45) is 3.14. The van der Waals surface area contributed by atoms with Gasteiger partial charge in [-0.1, -0.05) is 23.2 Å². The molecule has 2 heterocycles. The van der Waals surface area contributed by atoms with Crippen molar-refractivity contribution in [3.63, 3.8) is 0 Å². The first-order chi connectivity index (χ1) is 17.0. The minimum atomic E-state index is 0.0893. The van der Waals surface area contributed by atoms with E-state index in [1.807, 2.05) is 18.2 Å². The molecule has 1 aromatic heterocycles. The van der Waals surface area contributed by atoms with Gasteiger partial charge in [0.05, 0.1) is 49.5 Å². The molecule has 3 aromatic rings. The monoisotopic (exact) mass is 519 g/mol. The number of nitrogens with one attached hydrogen (secondary N) is 2. The lowest BCUT2D eigenvalue weighted by atomic mass is 10.2. The number of rotatable bonds is 9. The number of hydrogen-bond acceptors (Lipinski definition) is 9. The quantitative estimate of drug-likeness (QED) is 0.422. The molecule has 0 saturated carbocycles. The molecular formula is C24H27Cl2N5O4. The van der Waals surface area contributed by atoms with Gasteiger partial charge in [0.1, 0.15) is 23.9 Å². The van der Waals surface area contributed by atoms with Gasteiger partial charge in [-0.25, -0.2) is 9.97 Å². The van der Waals surface area contributed by atoms with E-state index in [0.29, 0.717) is 38.8 Å². The fourth-order valence-electron chi connectivity index (χ4n) is 3.73. The van der Waals surface area contributed by atoms with Crippen molar-refractivity contribution in [1.82, 2.24) is 15.3 Å². The molecule has 0 unspecified atom stereocenters. The fourth-order valence-corrected chi connectivity index (χ4v) is 4.34. The van der Waals surface area contributed by atoms with Crippen molar-refractivity contribution in [3.05, 3.63) is 52.3 Å². The number of piperazine rings is 1. The molecule has 9 nitrogen and oxygen atoms in total. The van der Waals surface area contributed by atoms with Gasteiger partial charge in [-0.2, -0.15) is 0 Å². The van der Waals surface area contributed by atoms with Crippen molar-refractivity contribution < 1.29 is 18.9 Å². The summed E-state index contributed by atoms with van der Waals surface area (Å²) in [5, 5.41) is 7.27. The Morgan fingerprint density at radius 1 is 0.914 bits per heavy atom. The van der Waals surface area contributed by atoms with E-state index in [-0.39, 0.29) is 6.61 Å². The standard InChI is InChI=1S/C24H27Cl2N5O4/c1-32-19-10-15(4-5-18(19)31-8-6-27-7-9-31)30-24-28-12-16(13-29-24)35-14-17-22(25)20(33-2)11-21(34-3)23(17)26/h4-5,10-13,27H,6-9,14H2,1-3H3,(H,28,29,30). The first kappa shape index (κ1) is 25.0. The van der Waals surface area contributed by atoms with E-state index in [1.54, 1.807) is 25.6 Å². The molecule has 0 radical (unpaired) electrons. The summed E-state index contributed by atoms with van der Waals surface area (Å²) in [6, 6.07) is 7.59. The molecule has 0 bridgehead atoms. The van der Waals surface area contributed by atoms with Crippen LogP contribution in [0.5, 0.6) is 23.0 Å². The highest BCUT2D eigenvalue weighted by atomic mass is 35.5. The third-order valence-corrected chi connectivity index (χ3v) is 6.40. The second kappa shape index (κ2) is 11.5. The number of halogens is 2. The minimum absolute atomic E-state index is 0.0893.